The number of benzene rings is 1. The van der Waals surface area contributed by atoms with E-state index in [2.05, 4.69) is 10.6 Å². The van der Waals surface area contributed by atoms with Crippen molar-refractivity contribution < 1.29 is 23.5 Å². The number of esters is 1. The molecule has 0 spiro atoms. The highest BCUT2D eigenvalue weighted by Gasteiger charge is 2.10. The number of amides is 2. The second-order valence-electron chi connectivity index (χ2n) is 5.19. The van der Waals surface area contributed by atoms with Crippen molar-refractivity contribution in [3.05, 3.63) is 52.0 Å². The van der Waals surface area contributed by atoms with Crippen molar-refractivity contribution >= 4 is 34.8 Å². The lowest BCUT2D eigenvalue weighted by molar-refractivity contribution is -0.147. The molecule has 0 unspecified atom stereocenters. The lowest BCUT2D eigenvalue weighted by atomic mass is 10.2. The van der Waals surface area contributed by atoms with Gasteiger partial charge in [0.2, 0.25) is 0 Å². The van der Waals surface area contributed by atoms with Crippen LogP contribution in [0.25, 0.3) is 0 Å². The lowest BCUT2D eigenvalue weighted by Gasteiger charge is -2.08. The molecule has 0 saturated carbocycles. The van der Waals surface area contributed by atoms with E-state index >= 15 is 0 Å². The molecule has 0 fully saturated rings. The molecule has 2 aromatic rings. The first-order valence-corrected chi connectivity index (χ1v) is 8.42. The number of nitrogens with one attached hydrogen (secondary N) is 2. The van der Waals surface area contributed by atoms with Crippen molar-refractivity contribution in [2.75, 3.05) is 18.5 Å². The van der Waals surface area contributed by atoms with Crippen LogP contribution in [0.15, 0.2) is 35.0 Å². The highest BCUT2D eigenvalue weighted by Crippen LogP contribution is 2.13. The van der Waals surface area contributed by atoms with Gasteiger partial charge >= 0.3 is 5.97 Å². The fraction of sp³-hybridized carbons (Fsp3) is 0.235. The highest BCUT2D eigenvalue weighted by atomic mass is 32.1. The average Bonchev–Trinajstić information content (AvgIpc) is 3.11. The number of hydrogen-bond acceptors (Lipinski definition) is 5. The van der Waals surface area contributed by atoms with Gasteiger partial charge in [-0.15, -0.1) is 0 Å². The largest absolute Gasteiger partial charge is 0.456 e. The van der Waals surface area contributed by atoms with Gasteiger partial charge in [-0.25, -0.2) is 4.39 Å². The van der Waals surface area contributed by atoms with Crippen molar-refractivity contribution in [3.63, 3.8) is 0 Å². The second kappa shape index (κ2) is 8.93. The summed E-state index contributed by atoms with van der Waals surface area (Å²) in [6, 6.07) is 5.96. The molecule has 0 aliphatic rings. The van der Waals surface area contributed by atoms with Gasteiger partial charge in [0.15, 0.2) is 6.61 Å². The van der Waals surface area contributed by atoms with Gasteiger partial charge in [0.1, 0.15) is 5.82 Å². The molecule has 0 saturated heterocycles. The Balaban J connectivity index is 1.66. The Morgan fingerprint density at radius 2 is 2.04 bits per heavy atom. The minimum Gasteiger partial charge on any atom is -0.456 e. The van der Waals surface area contributed by atoms with E-state index in [0.717, 1.165) is 0 Å². The normalized spacial score (nSPS) is 10.2. The van der Waals surface area contributed by atoms with Gasteiger partial charge in [0.25, 0.3) is 11.8 Å². The molecule has 2 rings (SSSR count). The number of aryl methyl sites for hydroxylation is 1. The standard InChI is InChI=1S/C17H17FN2O4S/c1-11-2-3-13(8-14(11)18)20-15(21)9-24-16(22)4-6-19-17(23)12-5-7-25-10-12/h2-3,5,7-8,10H,4,6,9H2,1H3,(H,19,23)(H,20,21). The number of ether oxygens (including phenoxy) is 1. The number of halogens is 1. The van der Waals surface area contributed by atoms with Crippen LogP contribution in [-0.2, 0) is 14.3 Å². The summed E-state index contributed by atoms with van der Waals surface area (Å²) < 4.78 is 18.2. The first-order valence-electron chi connectivity index (χ1n) is 7.47. The van der Waals surface area contributed by atoms with E-state index in [4.69, 9.17) is 4.74 Å². The van der Waals surface area contributed by atoms with E-state index < -0.39 is 24.3 Å². The van der Waals surface area contributed by atoms with Crippen LogP contribution in [0.4, 0.5) is 10.1 Å². The predicted molar refractivity (Wildman–Crippen MR) is 92.0 cm³/mol. The Morgan fingerprint density at radius 3 is 2.72 bits per heavy atom. The van der Waals surface area contributed by atoms with Crippen LogP contribution in [-0.4, -0.2) is 30.9 Å². The number of hydrogen-bond donors (Lipinski definition) is 2. The summed E-state index contributed by atoms with van der Waals surface area (Å²) in [7, 11) is 0. The predicted octanol–water partition coefficient (Wildman–Crippen LogP) is 2.50. The molecule has 25 heavy (non-hydrogen) atoms. The minimum absolute atomic E-state index is 0.0533. The zero-order valence-corrected chi connectivity index (χ0v) is 14.3. The van der Waals surface area contributed by atoms with E-state index in [9.17, 15) is 18.8 Å². The summed E-state index contributed by atoms with van der Waals surface area (Å²) in [4.78, 5) is 34.9. The van der Waals surface area contributed by atoms with E-state index in [0.29, 0.717) is 11.1 Å². The minimum atomic E-state index is -0.615. The van der Waals surface area contributed by atoms with Gasteiger partial charge in [-0.1, -0.05) is 6.07 Å². The molecule has 8 heteroatoms. The molecule has 1 aromatic heterocycles. The summed E-state index contributed by atoms with van der Waals surface area (Å²) in [5.74, 6) is -1.89. The SMILES string of the molecule is Cc1ccc(NC(=O)COC(=O)CCNC(=O)c2ccsc2)cc1F. The van der Waals surface area contributed by atoms with Crippen LogP contribution >= 0.6 is 11.3 Å². The Labute approximate surface area is 148 Å². The molecule has 2 N–H and O–H groups in total. The molecular formula is C17H17FN2O4S. The van der Waals surface area contributed by atoms with Crippen LogP contribution < -0.4 is 10.6 Å². The summed E-state index contributed by atoms with van der Waals surface area (Å²) in [6.45, 7) is 1.24. The van der Waals surface area contributed by atoms with Crippen LogP contribution in [0.1, 0.15) is 22.3 Å². The van der Waals surface area contributed by atoms with Crippen LogP contribution in [0.3, 0.4) is 0 Å². The van der Waals surface area contributed by atoms with Crippen LogP contribution in [0, 0.1) is 12.7 Å². The molecule has 2 amide bonds. The smallest absolute Gasteiger partial charge is 0.308 e. The van der Waals surface area contributed by atoms with Crippen molar-refractivity contribution in [3.8, 4) is 0 Å². The van der Waals surface area contributed by atoms with E-state index in [-0.39, 0.29) is 24.6 Å². The number of rotatable bonds is 7. The van der Waals surface area contributed by atoms with E-state index in [1.165, 1.54) is 23.5 Å². The van der Waals surface area contributed by atoms with Gasteiger partial charge in [-0.2, -0.15) is 11.3 Å². The molecule has 0 aliphatic heterocycles. The molecular weight excluding hydrogens is 347 g/mol. The lowest BCUT2D eigenvalue weighted by Crippen LogP contribution is -2.27. The van der Waals surface area contributed by atoms with Gasteiger partial charge in [-0.3, -0.25) is 14.4 Å². The third kappa shape index (κ3) is 6.00. The van der Waals surface area contributed by atoms with Gasteiger partial charge in [-0.05, 0) is 36.1 Å². The molecule has 0 bridgehead atoms. The molecule has 6 nitrogen and oxygen atoms in total. The Kier molecular flexibility index (Phi) is 6.64. The summed E-state index contributed by atoms with van der Waals surface area (Å²) in [6.07, 6.45) is -0.0533. The monoisotopic (exact) mass is 364 g/mol. The molecule has 132 valence electrons. The van der Waals surface area contributed by atoms with Crippen LogP contribution in [0.5, 0.6) is 0 Å². The summed E-state index contributed by atoms with van der Waals surface area (Å²) in [5.41, 5.74) is 1.28. The third-order valence-corrected chi connectivity index (χ3v) is 3.90. The molecule has 0 atom stereocenters. The number of carbonyl (C=O) groups excluding carboxylic acids is 3. The number of carbonyl (C=O) groups is 3. The first-order chi connectivity index (χ1) is 12.0. The number of thiophene rings is 1. The summed E-state index contributed by atoms with van der Waals surface area (Å²) >= 11 is 1.40. The van der Waals surface area contributed by atoms with Gasteiger partial charge in [0.05, 0.1) is 6.42 Å². The van der Waals surface area contributed by atoms with Crippen molar-refractivity contribution in [1.82, 2.24) is 5.32 Å². The number of anilines is 1. The topological polar surface area (TPSA) is 84.5 Å². The Morgan fingerprint density at radius 1 is 1.24 bits per heavy atom. The fourth-order valence-electron chi connectivity index (χ4n) is 1.86. The average molecular weight is 364 g/mol. The fourth-order valence-corrected chi connectivity index (χ4v) is 2.50. The Bertz CT molecular complexity index is 762. The molecule has 0 radical (unpaired) electrons. The van der Waals surface area contributed by atoms with Crippen molar-refractivity contribution in [1.29, 1.82) is 0 Å². The molecule has 1 heterocycles. The summed E-state index contributed by atoms with van der Waals surface area (Å²) in [5, 5.41) is 8.49. The highest BCUT2D eigenvalue weighted by molar-refractivity contribution is 7.08. The van der Waals surface area contributed by atoms with Gasteiger partial charge < -0.3 is 15.4 Å². The third-order valence-electron chi connectivity index (χ3n) is 3.22. The molecule has 0 aliphatic carbocycles. The zero-order valence-electron chi connectivity index (χ0n) is 13.5. The van der Waals surface area contributed by atoms with Crippen molar-refractivity contribution in [2.45, 2.75) is 13.3 Å². The quantitative estimate of drug-likeness (QED) is 0.740. The molecule has 1 aromatic carbocycles. The Hall–Kier alpha value is -2.74. The first kappa shape index (κ1) is 18.6. The van der Waals surface area contributed by atoms with Crippen LogP contribution in [0.2, 0.25) is 0 Å². The zero-order chi connectivity index (χ0) is 18.2. The second-order valence-corrected chi connectivity index (χ2v) is 5.97. The van der Waals surface area contributed by atoms with E-state index in [1.807, 2.05) is 0 Å². The maximum atomic E-state index is 13.4. The van der Waals surface area contributed by atoms with Gasteiger partial charge in [0, 0.05) is 23.2 Å². The maximum Gasteiger partial charge on any atom is 0.308 e. The van der Waals surface area contributed by atoms with Crippen molar-refractivity contribution in [2.24, 2.45) is 0 Å². The van der Waals surface area contributed by atoms with E-state index in [1.54, 1.807) is 29.8 Å². The maximum absolute atomic E-state index is 13.4.